The van der Waals surface area contributed by atoms with Crippen LogP contribution in [0.25, 0.3) is 11.0 Å². The van der Waals surface area contributed by atoms with Crippen LogP contribution >= 0.6 is 11.8 Å². The predicted molar refractivity (Wildman–Crippen MR) is 80.6 cm³/mol. The molecule has 2 aromatic carbocycles. The van der Waals surface area contributed by atoms with E-state index in [4.69, 9.17) is 0 Å². The molecule has 3 aromatic rings. The number of aromatic amines is 2. The Morgan fingerprint density at radius 2 is 1.95 bits per heavy atom. The normalized spacial score (nSPS) is 10.7. The number of fused-ring (bicyclic) bond motifs is 1. The number of halogens is 1. The lowest BCUT2D eigenvalue weighted by Gasteiger charge is -2.04. The Bertz CT molecular complexity index is 754. The minimum Gasteiger partial charge on any atom is -0.323 e. The second-order valence-corrected chi connectivity index (χ2v) is 5.43. The van der Waals surface area contributed by atoms with Gasteiger partial charge >= 0.3 is 5.16 Å². The van der Waals surface area contributed by atoms with E-state index < -0.39 is 5.82 Å². The van der Waals surface area contributed by atoms with Crippen molar-refractivity contribution in [3.05, 3.63) is 54.3 Å². The van der Waals surface area contributed by atoms with E-state index in [-0.39, 0.29) is 17.3 Å². The minimum absolute atomic E-state index is 0.192. The molecule has 3 N–H and O–H groups in total. The number of carbonyl (C=O) groups is 1. The molecule has 1 amide bonds. The Morgan fingerprint density at radius 1 is 1.19 bits per heavy atom. The molecule has 4 nitrogen and oxygen atoms in total. The number of hydrogen-bond donors (Lipinski definition) is 2. The maximum atomic E-state index is 13.4. The summed E-state index contributed by atoms with van der Waals surface area (Å²) in [6.07, 6.45) is 0. The van der Waals surface area contributed by atoms with Crippen molar-refractivity contribution in [2.45, 2.75) is 5.16 Å². The quantitative estimate of drug-likeness (QED) is 0.728. The molecule has 6 heteroatoms. The number of thioether (sulfide) groups is 1. The Kier molecular flexibility index (Phi) is 3.87. The zero-order valence-electron chi connectivity index (χ0n) is 11.0. The number of H-pyrrole nitrogens is 2. The van der Waals surface area contributed by atoms with E-state index >= 15 is 0 Å². The molecule has 21 heavy (non-hydrogen) atoms. The molecular formula is C15H13FN3OS+. The average molecular weight is 302 g/mol. The molecule has 0 aliphatic carbocycles. The van der Waals surface area contributed by atoms with E-state index in [0.29, 0.717) is 0 Å². The van der Waals surface area contributed by atoms with Gasteiger partial charge in [-0.05, 0) is 36.0 Å². The molecule has 1 heterocycles. The summed E-state index contributed by atoms with van der Waals surface area (Å²) in [6, 6.07) is 13.9. The van der Waals surface area contributed by atoms with Crippen molar-refractivity contribution >= 4 is 34.4 Å². The number of para-hydroxylation sites is 3. The topological polar surface area (TPSA) is 59.0 Å². The van der Waals surface area contributed by atoms with E-state index in [1.165, 1.54) is 23.9 Å². The number of hydrogen-bond acceptors (Lipinski definition) is 2. The van der Waals surface area contributed by atoms with Crippen LogP contribution in [0.4, 0.5) is 10.1 Å². The van der Waals surface area contributed by atoms with Gasteiger partial charge in [-0.25, -0.2) is 14.4 Å². The van der Waals surface area contributed by atoms with Crippen molar-refractivity contribution in [2.75, 3.05) is 11.1 Å². The third kappa shape index (κ3) is 3.22. The molecule has 0 radical (unpaired) electrons. The van der Waals surface area contributed by atoms with Gasteiger partial charge in [0.1, 0.15) is 5.82 Å². The number of carbonyl (C=O) groups excluding carboxylic acids is 1. The number of amides is 1. The van der Waals surface area contributed by atoms with Gasteiger partial charge in [-0.15, -0.1) is 0 Å². The van der Waals surface area contributed by atoms with Gasteiger partial charge in [0.2, 0.25) is 5.91 Å². The Hall–Kier alpha value is -2.34. The van der Waals surface area contributed by atoms with Crippen LogP contribution in [-0.4, -0.2) is 16.6 Å². The van der Waals surface area contributed by atoms with Crippen molar-refractivity contribution in [3.63, 3.8) is 0 Å². The van der Waals surface area contributed by atoms with Crippen molar-refractivity contribution < 1.29 is 14.2 Å². The highest BCUT2D eigenvalue weighted by molar-refractivity contribution is 7.99. The fraction of sp³-hybridized carbons (Fsp3) is 0.0667. The third-order valence-electron chi connectivity index (χ3n) is 2.92. The number of anilines is 1. The maximum absolute atomic E-state index is 13.4. The van der Waals surface area contributed by atoms with Gasteiger partial charge in [0.05, 0.1) is 11.4 Å². The lowest BCUT2D eigenvalue weighted by Crippen LogP contribution is -2.16. The first-order chi connectivity index (χ1) is 10.2. The average Bonchev–Trinajstić information content (AvgIpc) is 2.90. The summed E-state index contributed by atoms with van der Waals surface area (Å²) in [5.41, 5.74) is 2.16. The molecule has 0 unspecified atom stereocenters. The summed E-state index contributed by atoms with van der Waals surface area (Å²) < 4.78 is 13.4. The van der Waals surface area contributed by atoms with Crippen molar-refractivity contribution in [3.8, 4) is 0 Å². The molecule has 1 aromatic heterocycles. The Labute approximate surface area is 124 Å². The third-order valence-corrected chi connectivity index (χ3v) is 3.82. The molecule has 106 valence electrons. The second kappa shape index (κ2) is 5.97. The van der Waals surface area contributed by atoms with E-state index in [9.17, 15) is 9.18 Å². The number of aromatic nitrogens is 2. The molecule has 0 saturated carbocycles. The van der Waals surface area contributed by atoms with Gasteiger partial charge < -0.3 is 5.32 Å². The van der Waals surface area contributed by atoms with Crippen LogP contribution in [0.1, 0.15) is 0 Å². The van der Waals surface area contributed by atoms with Gasteiger partial charge in [-0.2, -0.15) is 0 Å². The molecular weight excluding hydrogens is 289 g/mol. The Balaban J connectivity index is 1.62. The smallest absolute Gasteiger partial charge is 0.315 e. The zero-order chi connectivity index (χ0) is 14.7. The summed E-state index contributed by atoms with van der Waals surface area (Å²) in [5, 5.41) is 3.34. The number of imidazole rings is 1. The summed E-state index contributed by atoms with van der Waals surface area (Å²) in [5.74, 6) is -0.498. The van der Waals surface area contributed by atoms with Gasteiger partial charge in [0.25, 0.3) is 0 Å². The van der Waals surface area contributed by atoms with Gasteiger partial charge in [0.15, 0.2) is 11.0 Å². The lowest BCUT2D eigenvalue weighted by molar-refractivity contribution is -0.396. The lowest BCUT2D eigenvalue weighted by atomic mass is 10.3. The molecule has 0 spiro atoms. The number of benzene rings is 2. The minimum atomic E-state index is -0.437. The van der Waals surface area contributed by atoms with Gasteiger partial charge in [0, 0.05) is 0 Å². The highest BCUT2D eigenvalue weighted by Crippen LogP contribution is 2.17. The monoisotopic (exact) mass is 302 g/mol. The highest BCUT2D eigenvalue weighted by atomic mass is 32.2. The maximum Gasteiger partial charge on any atom is 0.315 e. The van der Waals surface area contributed by atoms with Gasteiger partial charge in [-0.3, -0.25) is 4.79 Å². The van der Waals surface area contributed by atoms with Crippen LogP contribution in [0.3, 0.4) is 0 Å². The van der Waals surface area contributed by atoms with Crippen molar-refractivity contribution in [1.29, 1.82) is 0 Å². The molecule has 0 saturated heterocycles. The first-order valence-corrected chi connectivity index (χ1v) is 7.38. The van der Waals surface area contributed by atoms with E-state index in [0.717, 1.165) is 16.2 Å². The molecule has 0 bridgehead atoms. The first-order valence-electron chi connectivity index (χ1n) is 6.39. The summed E-state index contributed by atoms with van der Waals surface area (Å²) >= 11 is 1.33. The van der Waals surface area contributed by atoms with Crippen LogP contribution in [0.15, 0.2) is 53.7 Å². The second-order valence-electron chi connectivity index (χ2n) is 4.44. The highest BCUT2D eigenvalue weighted by Gasteiger charge is 2.13. The molecule has 0 aliphatic heterocycles. The van der Waals surface area contributed by atoms with Crippen molar-refractivity contribution in [2.24, 2.45) is 0 Å². The van der Waals surface area contributed by atoms with E-state index in [1.807, 2.05) is 24.3 Å². The molecule has 3 rings (SSSR count). The SMILES string of the molecule is O=C(CSc1[nH]c2ccccc2[nH+]1)Nc1ccccc1F. The van der Waals surface area contributed by atoms with Crippen LogP contribution < -0.4 is 10.3 Å². The van der Waals surface area contributed by atoms with Crippen LogP contribution in [0.5, 0.6) is 0 Å². The summed E-state index contributed by atoms with van der Waals surface area (Å²) in [4.78, 5) is 18.2. The zero-order valence-corrected chi connectivity index (χ0v) is 11.8. The fourth-order valence-corrected chi connectivity index (χ4v) is 2.65. The largest absolute Gasteiger partial charge is 0.323 e. The van der Waals surface area contributed by atoms with Crippen LogP contribution in [0, 0.1) is 5.82 Å². The predicted octanol–water partition coefficient (Wildman–Crippen LogP) is 2.85. The summed E-state index contributed by atoms with van der Waals surface area (Å²) in [6.45, 7) is 0. The number of nitrogens with one attached hydrogen (secondary N) is 3. The van der Waals surface area contributed by atoms with Crippen molar-refractivity contribution in [1.82, 2.24) is 4.98 Å². The summed E-state index contributed by atoms with van der Waals surface area (Å²) in [7, 11) is 0. The Morgan fingerprint density at radius 3 is 2.76 bits per heavy atom. The van der Waals surface area contributed by atoms with Crippen LogP contribution in [-0.2, 0) is 4.79 Å². The molecule has 0 atom stereocenters. The van der Waals surface area contributed by atoms with Crippen LogP contribution in [0.2, 0.25) is 0 Å². The van der Waals surface area contributed by atoms with Gasteiger partial charge in [-0.1, -0.05) is 24.3 Å². The standard InChI is InChI=1S/C15H12FN3OS/c16-10-5-1-2-6-11(10)17-14(20)9-21-15-18-12-7-3-4-8-13(12)19-15/h1-8H,9H2,(H,17,20)(H,18,19)/p+1. The first kappa shape index (κ1) is 13.6. The molecule has 0 fully saturated rings. The molecule has 0 aliphatic rings. The van der Waals surface area contributed by atoms with E-state index in [2.05, 4.69) is 15.3 Å². The fourth-order valence-electron chi connectivity index (χ4n) is 1.94. The van der Waals surface area contributed by atoms with E-state index in [1.54, 1.807) is 12.1 Å². The number of rotatable bonds is 4.